The summed E-state index contributed by atoms with van der Waals surface area (Å²) in [6.07, 6.45) is -2.97. The Kier molecular flexibility index (Phi) is 8.61. The molecule has 1 aliphatic heterocycles. The van der Waals surface area contributed by atoms with Crippen molar-refractivity contribution in [1.82, 2.24) is 0 Å². The van der Waals surface area contributed by atoms with Crippen LogP contribution in [0, 0.1) is 5.92 Å². The van der Waals surface area contributed by atoms with Crippen molar-refractivity contribution < 1.29 is 23.3 Å². The molecule has 1 heterocycles. The second-order valence-electron chi connectivity index (χ2n) is 8.41. The maximum Gasteiger partial charge on any atom is 0.204 e. The molecule has 33 heavy (non-hydrogen) atoms. The van der Waals surface area contributed by atoms with E-state index in [0.717, 1.165) is 16.7 Å². The summed E-state index contributed by atoms with van der Waals surface area (Å²) in [6, 6.07) is 29.7. The SMILES string of the molecule is CC1[C@@H](F)OC(COCc2ccccc2)[C@H](OCc2ccccc2)[C@H]1OCc1ccccc1. The number of halogens is 1. The van der Waals surface area contributed by atoms with Gasteiger partial charge in [0.2, 0.25) is 6.36 Å². The van der Waals surface area contributed by atoms with E-state index in [2.05, 4.69) is 0 Å². The summed E-state index contributed by atoms with van der Waals surface area (Å²) in [5.74, 6) is -0.472. The fourth-order valence-corrected chi connectivity index (χ4v) is 4.01. The highest BCUT2D eigenvalue weighted by Gasteiger charge is 2.45. The zero-order valence-corrected chi connectivity index (χ0v) is 18.9. The molecule has 2 unspecified atom stereocenters. The van der Waals surface area contributed by atoms with Crippen LogP contribution in [0.3, 0.4) is 0 Å². The number of rotatable bonds is 10. The maximum absolute atomic E-state index is 14.9. The molecule has 174 valence electrons. The average molecular weight is 451 g/mol. The van der Waals surface area contributed by atoms with E-state index in [0.29, 0.717) is 19.8 Å². The maximum atomic E-state index is 14.9. The van der Waals surface area contributed by atoms with Gasteiger partial charge in [0.1, 0.15) is 12.2 Å². The van der Waals surface area contributed by atoms with Gasteiger partial charge in [-0.3, -0.25) is 0 Å². The molecule has 1 saturated heterocycles. The van der Waals surface area contributed by atoms with E-state index in [1.165, 1.54) is 0 Å². The standard InChI is InChI=1S/C28H31FO4/c1-21-26(31-18-23-13-7-3-8-14-23)27(32-19-24-15-9-4-10-16-24)25(33-28(21)29)20-30-17-22-11-5-2-6-12-22/h2-16,21,25-28H,17-20H2,1H3/t21?,25?,26-,27-,28-/m0/s1. The van der Waals surface area contributed by atoms with Gasteiger partial charge in [-0.05, 0) is 16.7 Å². The van der Waals surface area contributed by atoms with Gasteiger partial charge in [0, 0.05) is 5.92 Å². The molecule has 4 nitrogen and oxygen atoms in total. The molecule has 0 aliphatic carbocycles. The van der Waals surface area contributed by atoms with Crippen molar-refractivity contribution >= 4 is 0 Å². The van der Waals surface area contributed by atoms with Gasteiger partial charge in [-0.1, -0.05) is 97.9 Å². The van der Waals surface area contributed by atoms with E-state index in [1.54, 1.807) is 6.92 Å². The second-order valence-corrected chi connectivity index (χ2v) is 8.41. The van der Waals surface area contributed by atoms with Crippen LogP contribution >= 0.6 is 0 Å². The zero-order chi connectivity index (χ0) is 22.9. The van der Waals surface area contributed by atoms with Gasteiger partial charge in [0.05, 0.1) is 32.5 Å². The fourth-order valence-electron chi connectivity index (χ4n) is 4.01. The highest BCUT2D eigenvalue weighted by molar-refractivity contribution is 5.15. The van der Waals surface area contributed by atoms with Crippen LogP contribution < -0.4 is 0 Å². The first-order chi connectivity index (χ1) is 16.2. The number of alkyl halides is 1. The van der Waals surface area contributed by atoms with Crippen LogP contribution in [-0.4, -0.2) is 31.3 Å². The molecular formula is C28H31FO4. The Morgan fingerprint density at radius 1 is 0.667 bits per heavy atom. The molecule has 0 aromatic heterocycles. The highest BCUT2D eigenvalue weighted by atomic mass is 19.1. The summed E-state index contributed by atoms with van der Waals surface area (Å²) in [5, 5.41) is 0. The van der Waals surface area contributed by atoms with E-state index in [4.69, 9.17) is 18.9 Å². The first-order valence-electron chi connectivity index (χ1n) is 11.4. The molecule has 3 aromatic rings. The zero-order valence-electron chi connectivity index (χ0n) is 18.9. The van der Waals surface area contributed by atoms with Gasteiger partial charge in [0.25, 0.3) is 0 Å². The Balaban J connectivity index is 1.46. The molecule has 0 saturated carbocycles. The summed E-state index contributed by atoms with van der Waals surface area (Å²) >= 11 is 0. The van der Waals surface area contributed by atoms with E-state index in [1.807, 2.05) is 91.0 Å². The fraction of sp³-hybridized carbons (Fsp3) is 0.357. The first-order valence-corrected chi connectivity index (χ1v) is 11.4. The number of hydrogen-bond donors (Lipinski definition) is 0. The van der Waals surface area contributed by atoms with Crippen molar-refractivity contribution in [3.8, 4) is 0 Å². The van der Waals surface area contributed by atoms with E-state index >= 15 is 0 Å². The van der Waals surface area contributed by atoms with Crippen molar-refractivity contribution in [2.75, 3.05) is 6.61 Å². The molecule has 3 aromatic carbocycles. The quantitative estimate of drug-likeness (QED) is 0.397. The Morgan fingerprint density at radius 2 is 1.12 bits per heavy atom. The summed E-state index contributed by atoms with van der Waals surface area (Å²) in [5.41, 5.74) is 3.13. The Bertz CT molecular complexity index is 938. The third-order valence-electron chi connectivity index (χ3n) is 5.89. The predicted molar refractivity (Wildman–Crippen MR) is 125 cm³/mol. The number of hydrogen-bond acceptors (Lipinski definition) is 4. The normalized spacial score (nSPS) is 25.1. The van der Waals surface area contributed by atoms with Crippen LogP contribution in [0.5, 0.6) is 0 Å². The van der Waals surface area contributed by atoms with Crippen LogP contribution in [0.4, 0.5) is 4.39 Å². The summed E-state index contributed by atoms with van der Waals surface area (Å²) in [4.78, 5) is 0. The summed E-state index contributed by atoms with van der Waals surface area (Å²) in [7, 11) is 0. The topological polar surface area (TPSA) is 36.9 Å². The van der Waals surface area contributed by atoms with Crippen LogP contribution in [0.25, 0.3) is 0 Å². The monoisotopic (exact) mass is 450 g/mol. The lowest BCUT2D eigenvalue weighted by Gasteiger charge is -2.42. The molecule has 4 rings (SSSR count). The summed E-state index contributed by atoms with van der Waals surface area (Å²) < 4.78 is 39.1. The van der Waals surface area contributed by atoms with Gasteiger partial charge in [-0.2, -0.15) is 0 Å². The average Bonchev–Trinajstić information content (AvgIpc) is 2.86. The van der Waals surface area contributed by atoms with E-state index < -0.39 is 30.6 Å². The lowest BCUT2D eigenvalue weighted by atomic mass is 9.92. The molecule has 0 radical (unpaired) electrons. The van der Waals surface area contributed by atoms with E-state index in [-0.39, 0.29) is 6.61 Å². The van der Waals surface area contributed by atoms with Gasteiger partial charge >= 0.3 is 0 Å². The lowest BCUT2D eigenvalue weighted by Crippen LogP contribution is -2.55. The largest absolute Gasteiger partial charge is 0.374 e. The van der Waals surface area contributed by atoms with Crippen molar-refractivity contribution in [2.45, 2.75) is 51.4 Å². The van der Waals surface area contributed by atoms with Gasteiger partial charge < -0.3 is 18.9 Å². The molecule has 0 spiro atoms. The van der Waals surface area contributed by atoms with Crippen molar-refractivity contribution in [3.63, 3.8) is 0 Å². The molecular weight excluding hydrogens is 419 g/mol. The van der Waals surface area contributed by atoms with Crippen LogP contribution in [0.1, 0.15) is 23.6 Å². The third kappa shape index (κ3) is 6.71. The third-order valence-corrected chi connectivity index (χ3v) is 5.89. The Morgan fingerprint density at radius 3 is 1.64 bits per heavy atom. The summed E-state index contributed by atoms with van der Waals surface area (Å²) in [6.45, 7) is 3.21. The van der Waals surface area contributed by atoms with Crippen molar-refractivity contribution in [2.24, 2.45) is 5.92 Å². The van der Waals surface area contributed by atoms with Gasteiger partial charge in [0.15, 0.2) is 0 Å². The number of ether oxygens (including phenoxy) is 4. The molecule has 1 fully saturated rings. The predicted octanol–water partition coefficient (Wildman–Crippen LogP) is 5.70. The van der Waals surface area contributed by atoms with Crippen molar-refractivity contribution in [1.29, 1.82) is 0 Å². The van der Waals surface area contributed by atoms with E-state index in [9.17, 15) is 4.39 Å². The van der Waals surface area contributed by atoms with Crippen LogP contribution in [-0.2, 0) is 38.8 Å². The molecule has 0 bridgehead atoms. The minimum atomic E-state index is -1.45. The highest BCUT2D eigenvalue weighted by Crippen LogP contribution is 2.32. The molecule has 1 aliphatic rings. The van der Waals surface area contributed by atoms with Crippen LogP contribution in [0.2, 0.25) is 0 Å². The Labute approximate surface area is 195 Å². The molecule has 0 amide bonds. The lowest BCUT2D eigenvalue weighted by molar-refractivity contribution is -0.269. The molecule has 0 N–H and O–H groups in total. The smallest absolute Gasteiger partial charge is 0.204 e. The minimum Gasteiger partial charge on any atom is -0.374 e. The number of benzene rings is 3. The Hall–Kier alpha value is -2.57. The minimum absolute atomic E-state index is 0.215. The van der Waals surface area contributed by atoms with Crippen molar-refractivity contribution in [3.05, 3.63) is 108 Å². The van der Waals surface area contributed by atoms with Gasteiger partial charge in [-0.25, -0.2) is 4.39 Å². The van der Waals surface area contributed by atoms with Crippen LogP contribution in [0.15, 0.2) is 91.0 Å². The second kappa shape index (κ2) is 12.1. The molecule has 5 atom stereocenters. The first kappa shape index (κ1) is 23.6. The molecule has 5 heteroatoms. The van der Waals surface area contributed by atoms with Gasteiger partial charge in [-0.15, -0.1) is 0 Å².